The zero-order valence-electron chi connectivity index (χ0n) is 55.2. The first-order chi connectivity index (χ1) is 42.4. The fraction of sp³-hybridized carbons (Fsp3) is 0.680. The minimum Gasteiger partial charge on any atom is -0.423 e. The fourth-order valence-corrected chi connectivity index (χ4v) is 11.4. The van der Waals surface area contributed by atoms with Gasteiger partial charge in [-0.25, -0.2) is 0 Å². The summed E-state index contributed by atoms with van der Waals surface area (Å²) in [7, 11) is 0. The van der Waals surface area contributed by atoms with Crippen LogP contribution in [0.5, 0.6) is 34.5 Å². The van der Waals surface area contributed by atoms with Crippen LogP contribution in [0, 0.1) is 0 Å². The van der Waals surface area contributed by atoms with Gasteiger partial charge in [0.1, 0.15) is 0 Å². The lowest BCUT2D eigenvalue weighted by Crippen LogP contribution is -2.14. The molecule has 0 aliphatic heterocycles. The summed E-state index contributed by atoms with van der Waals surface area (Å²) in [6.45, 7) is 13.1. The number of rotatable bonds is 48. The van der Waals surface area contributed by atoms with Gasteiger partial charge < -0.3 is 28.4 Å². The second-order valence-electron chi connectivity index (χ2n) is 24.7. The summed E-state index contributed by atoms with van der Waals surface area (Å²) in [6, 6.07) is 10.7. The molecule has 12 heteroatoms. The molecule has 87 heavy (non-hydrogen) atoms. The average molecular weight is 1210 g/mol. The maximum atomic E-state index is 13.8. The lowest BCUT2D eigenvalue weighted by Gasteiger charge is -2.18. The molecule has 1 aliphatic carbocycles. The maximum Gasteiger partial charge on any atom is 0.311 e. The third kappa shape index (κ3) is 31.0. The van der Waals surface area contributed by atoms with Gasteiger partial charge in [-0.15, -0.1) is 0 Å². The topological polar surface area (TPSA) is 158 Å². The first kappa shape index (κ1) is 73.9. The molecule has 0 aromatic heterocycles. The average Bonchev–Trinajstić information content (AvgIpc) is 2.17. The molecule has 3 aromatic rings. The quantitative estimate of drug-likeness (QED) is 0.0234. The van der Waals surface area contributed by atoms with Crippen molar-refractivity contribution < 1.29 is 57.2 Å². The van der Waals surface area contributed by atoms with Gasteiger partial charge in [-0.05, 0) is 128 Å². The van der Waals surface area contributed by atoms with Gasteiger partial charge in [0.2, 0.25) is 0 Å². The summed E-state index contributed by atoms with van der Waals surface area (Å²) in [5.41, 5.74) is 4.47. The SMILES string of the molecule is CCCCCCCCC(=O)Oc1cc2c(cc1OC(=O)CCCCCCCC)Cc1cc(OC(=O)CCCCCCCC)c(OC(=O)CCCCCCCC)cc1Cc1cc(OC(=O)CCCCCCCC)c(OC(=O)CCCCCCCC)cc1C2. The molecule has 0 spiro atoms. The summed E-state index contributed by atoms with van der Waals surface area (Å²) >= 11 is 0. The first-order valence-corrected chi connectivity index (χ1v) is 35.1. The molecule has 0 unspecified atom stereocenters. The number of carbonyl (C=O) groups excluding carboxylic acids is 6. The molecule has 0 heterocycles. The van der Waals surface area contributed by atoms with E-state index in [9.17, 15) is 28.8 Å². The Kier molecular flexibility index (Phi) is 38.8. The summed E-state index contributed by atoms with van der Waals surface area (Å²) in [6.07, 6.45) is 37.8. The number of esters is 6. The number of unbranched alkanes of at least 4 members (excludes halogenated alkanes) is 30. The van der Waals surface area contributed by atoms with Crippen molar-refractivity contribution in [3.8, 4) is 34.5 Å². The summed E-state index contributed by atoms with van der Waals surface area (Å²) in [5, 5.41) is 0. The van der Waals surface area contributed by atoms with E-state index in [0.29, 0.717) is 38.5 Å². The predicted octanol–water partition coefficient (Wildman–Crippen LogP) is 20.7. The Balaban J connectivity index is 1.93. The van der Waals surface area contributed by atoms with Crippen molar-refractivity contribution in [3.63, 3.8) is 0 Å². The molecule has 3 aromatic carbocycles. The molecule has 0 N–H and O–H groups in total. The van der Waals surface area contributed by atoms with E-state index in [0.717, 1.165) is 226 Å². The Hall–Kier alpha value is -5.52. The molecule has 0 saturated carbocycles. The highest BCUT2D eigenvalue weighted by molar-refractivity contribution is 5.79. The number of hydrogen-bond donors (Lipinski definition) is 0. The minimum absolute atomic E-state index is 0.129. The van der Waals surface area contributed by atoms with Gasteiger partial charge in [0.25, 0.3) is 0 Å². The molecule has 0 atom stereocenters. The van der Waals surface area contributed by atoms with Crippen molar-refractivity contribution in [3.05, 3.63) is 69.8 Å². The smallest absolute Gasteiger partial charge is 0.311 e. The Bertz CT molecular complexity index is 2060. The molecule has 12 nitrogen and oxygen atoms in total. The zero-order chi connectivity index (χ0) is 62.7. The van der Waals surface area contributed by atoms with E-state index in [1.807, 2.05) is 0 Å². The van der Waals surface area contributed by atoms with Gasteiger partial charge in [0, 0.05) is 38.5 Å². The lowest BCUT2D eigenvalue weighted by atomic mass is 9.94. The van der Waals surface area contributed by atoms with Gasteiger partial charge in [0.05, 0.1) is 0 Å². The molecule has 1 aliphatic rings. The highest BCUT2D eigenvalue weighted by Gasteiger charge is 2.27. The van der Waals surface area contributed by atoms with E-state index in [-0.39, 0.29) is 92.3 Å². The van der Waals surface area contributed by atoms with Crippen molar-refractivity contribution >= 4 is 35.8 Å². The highest BCUT2D eigenvalue weighted by atomic mass is 16.6. The Labute approximate surface area is 525 Å². The lowest BCUT2D eigenvalue weighted by molar-refractivity contribution is -0.137. The molecular weight excluding hydrogens is 1090 g/mol. The summed E-state index contributed by atoms with van der Waals surface area (Å²) in [5.74, 6) is -1.78. The number of ether oxygens (including phenoxy) is 6. The number of benzene rings is 3. The summed E-state index contributed by atoms with van der Waals surface area (Å²) in [4.78, 5) is 82.9. The fourth-order valence-electron chi connectivity index (χ4n) is 11.4. The molecule has 0 bridgehead atoms. The summed E-state index contributed by atoms with van der Waals surface area (Å²) < 4.78 is 37.3. The number of fused-ring (bicyclic) bond motifs is 3. The molecular formula is C75H114O12. The number of carbonyl (C=O) groups is 6. The van der Waals surface area contributed by atoms with Crippen molar-refractivity contribution in [2.45, 2.75) is 330 Å². The molecule has 0 radical (unpaired) electrons. The van der Waals surface area contributed by atoms with Crippen LogP contribution in [0.2, 0.25) is 0 Å². The second-order valence-corrected chi connectivity index (χ2v) is 24.7. The first-order valence-electron chi connectivity index (χ1n) is 35.1. The van der Waals surface area contributed by atoms with Crippen LogP contribution in [-0.2, 0) is 48.0 Å². The standard InChI is InChI=1S/C75H114O12/c1-7-13-19-25-31-37-43-70(76)82-64-52-58-49-60-54-66(84-72(78)45-39-33-27-21-15-9-3)68(86-74(80)47-41-35-29-23-17-11-5)56-62(60)51-63-57-69(87-75(81)48-42-36-30-24-18-12-6)67(85-73(79)46-40-34-28-22-16-10-4)55-61(63)50-59(58)53-65(64)83-71(77)44-38-32-26-20-14-8-2/h52-57H,7-51H2,1-6H3. The van der Waals surface area contributed by atoms with E-state index in [4.69, 9.17) is 28.4 Å². The van der Waals surface area contributed by atoms with Crippen LogP contribution < -0.4 is 28.4 Å². The molecule has 486 valence electrons. The van der Waals surface area contributed by atoms with E-state index >= 15 is 0 Å². The molecule has 0 amide bonds. The van der Waals surface area contributed by atoms with Gasteiger partial charge in [-0.2, -0.15) is 0 Å². The molecule has 0 fully saturated rings. The van der Waals surface area contributed by atoms with E-state index in [1.54, 1.807) is 36.4 Å². The molecule has 4 rings (SSSR count). The van der Waals surface area contributed by atoms with Crippen molar-refractivity contribution in [1.82, 2.24) is 0 Å². The van der Waals surface area contributed by atoms with Crippen molar-refractivity contribution in [1.29, 1.82) is 0 Å². The van der Waals surface area contributed by atoms with Crippen molar-refractivity contribution in [2.75, 3.05) is 0 Å². The normalized spacial score (nSPS) is 11.8. The minimum atomic E-state index is -0.426. The van der Waals surface area contributed by atoms with Gasteiger partial charge in [-0.3, -0.25) is 28.8 Å². The van der Waals surface area contributed by atoms with Crippen molar-refractivity contribution in [2.24, 2.45) is 0 Å². The van der Waals surface area contributed by atoms with E-state index in [1.165, 1.54) is 0 Å². The van der Waals surface area contributed by atoms with Gasteiger partial charge >= 0.3 is 35.8 Å². The van der Waals surface area contributed by atoms with E-state index < -0.39 is 35.8 Å². The van der Waals surface area contributed by atoms with Gasteiger partial charge in [0.15, 0.2) is 34.5 Å². The Morgan fingerprint density at radius 2 is 0.345 bits per heavy atom. The zero-order valence-corrected chi connectivity index (χ0v) is 55.2. The van der Waals surface area contributed by atoms with Crippen LogP contribution in [0.1, 0.15) is 345 Å². The predicted molar refractivity (Wildman–Crippen MR) is 350 cm³/mol. The maximum absolute atomic E-state index is 13.8. The van der Waals surface area contributed by atoms with Crippen LogP contribution >= 0.6 is 0 Å². The molecule has 0 saturated heterocycles. The van der Waals surface area contributed by atoms with Crippen LogP contribution in [-0.4, -0.2) is 35.8 Å². The van der Waals surface area contributed by atoms with Crippen LogP contribution in [0.25, 0.3) is 0 Å². The largest absolute Gasteiger partial charge is 0.423 e. The third-order valence-electron chi connectivity index (χ3n) is 16.7. The van der Waals surface area contributed by atoms with Crippen LogP contribution in [0.4, 0.5) is 0 Å². The highest BCUT2D eigenvalue weighted by Crippen LogP contribution is 2.42. The third-order valence-corrected chi connectivity index (χ3v) is 16.7. The monoisotopic (exact) mass is 1210 g/mol. The van der Waals surface area contributed by atoms with E-state index in [2.05, 4.69) is 41.5 Å². The number of hydrogen-bond acceptors (Lipinski definition) is 12. The van der Waals surface area contributed by atoms with Crippen LogP contribution in [0.3, 0.4) is 0 Å². The van der Waals surface area contributed by atoms with Gasteiger partial charge in [-0.1, -0.05) is 234 Å². The Morgan fingerprint density at radius 3 is 0.483 bits per heavy atom. The second kappa shape index (κ2) is 45.7. The Morgan fingerprint density at radius 1 is 0.218 bits per heavy atom. The van der Waals surface area contributed by atoms with Crippen LogP contribution in [0.15, 0.2) is 36.4 Å².